The van der Waals surface area contributed by atoms with Gasteiger partial charge in [-0.15, -0.1) is 23.1 Å². The fourth-order valence-corrected chi connectivity index (χ4v) is 7.57. The predicted octanol–water partition coefficient (Wildman–Crippen LogP) is 8.47. The van der Waals surface area contributed by atoms with E-state index in [4.69, 9.17) is 14.5 Å². The van der Waals surface area contributed by atoms with E-state index in [-0.39, 0.29) is 0 Å². The van der Waals surface area contributed by atoms with Gasteiger partial charge in [0.05, 0.1) is 27.0 Å². The summed E-state index contributed by atoms with van der Waals surface area (Å²) in [6.07, 6.45) is 6.80. The highest BCUT2D eigenvalue weighted by Crippen LogP contribution is 2.46. The molecule has 0 saturated carbocycles. The maximum Gasteiger partial charge on any atom is 0.227 e. The van der Waals surface area contributed by atoms with Gasteiger partial charge in [-0.1, -0.05) is 36.4 Å². The first kappa shape index (κ1) is 32.5. The minimum Gasteiger partial charge on any atom is -0.493 e. The Hall–Kier alpha value is -4.40. The van der Waals surface area contributed by atoms with Crippen molar-refractivity contribution in [3.63, 3.8) is 0 Å². The van der Waals surface area contributed by atoms with Crippen molar-refractivity contribution < 1.29 is 14.6 Å². The average Bonchev–Trinajstić information content (AvgIpc) is 3.50. The van der Waals surface area contributed by atoms with Crippen LogP contribution in [0.25, 0.3) is 21.7 Å². The summed E-state index contributed by atoms with van der Waals surface area (Å²) < 4.78 is 13.1. The molecule has 2 aromatic heterocycles. The zero-order valence-electron chi connectivity index (χ0n) is 26.3. The molecule has 0 unspecified atom stereocenters. The smallest absolute Gasteiger partial charge is 0.227 e. The van der Waals surface area contributed by atoms with E-state index >= 15 is 0 Å². The van der Waals surface area contributed by atoms with E-state index in [1.165, 1.54) is 0 Å². The summed E-state index contributed by atoms with van der Waals surface area (Å²) in [5.41, 5.74) is 3.89. The van der Waals surface area contributed by atoms with Gasteiger partial charge in [0, 0.05) is 36.7 Å². The summed E-state index contributed by atoms with van der Waals surface area (Å²) in [5, 5.41) is 22.9. The van der Waals surface area contributed by atoms with Crippen LogP contribution in [-0.4, -0.2) is 59.1 Å². The molecule has 0 radical (unpaired) electrons. The molecule has 47 heavy (non-hydrogen) atoms. The zero-order chi connectivity index (χ0) is 32.4. The van der Waals surface area contributed by atoms with Crippen molar-refractivity contribution in [3.05, 3.63) is 96.7 Å². The van der Waals surface area contributed by atoms with Crippen LogP contribution in [0.2, 0.25) is 0 Å². The third-order valence-corrected chi connectivity index (χ3v) is 10.4. The number of ether oxygens (including phenoxy) is 2. The largest absolute Gasteiger partial charge is 0.493 e. The van der Waals surface area contributed by atoms with Crippen LogP contribution in [-0.2, 0) is 0 Å². The fourth-order valence-electron chi connectivity index (χ4n) is 5.66. The van der Waals surface area contributed by atoms with E-state index in [2.05, 4.69) is 21.3 Å². The number of hydrogen-bond acceptors (Lipinski definition) is 10. The predicted molar refractivity (Wildman–Crippen MR) is 190 cm³/mol. The van der Waals surface area contributed by atoms with Gasteiger partial charge in [0.1, 0.15) is 23.3 Å². The van der Waals surface area contributed by atoms with Crippen molar-refractivity contribution in [2.45, 2.75) is 23.5 Å². The monoisotopic (exact) mass is 663 g/mol. The Morgan fingerprint density at radius 2 is 1.79 bits per heavy atom. The molecule has 240 valence electrons. The number of thiophene rings is 1. The maximum atomic E-state index is 10.2. The molecule has 3 heterocycles. The Kier molecular flexibility index (Phi) is 11.0. The quantitative estimate of drug-likeness (QED) is 0.0948. The van der Waals surface area contributed by atoms with Crippen molar-refractivity contribution in [3.8, 4) is 45.0 Å². The van der Waals surface area contributed by atoms with Crippen molar-refractivity contribution in [1.82, 2.24) is 14.9 Å². The first-order valence-corrected chi connectivity index (χ1v) is 17.8. The number of likely N-dealkylation sites (tertiary alicyclic amines) is 1. The molecule has 0 atom stereocenters. The molecule has 8 nitrogen and oxygen atoms in total. The molecule has 0 bridgehead atoms. The molecule has 0 amide bonds. The van der Waals surface area contributed by atoms with Crippen molar-refractivity contribution in [2.24, 2.45) is 5.92 Å². The lowest BCUT2D eigenvalue weighted by Gasteiger charge is -2.30. The molecular formula is C37H37N5O3S2. The van der Waals surface area contributed by atoms with Crippen LogP contribution in [0.1, 0.15) is 24.8 Å². The van der Waals surface area contributed by atoms with Crippen LogP contribution in [0, 0.1) is 17.2 Å². The minimum absolute atomic E-state index is 0.298. The number of nitriles is 1. The number of nitrogens with zero attached hydrogens (tertiary/aromatic N) is 4. The number of nitrogens with one attached hydrogen (secondary N) is 1. The normalized spacial score (nSPS) is 13.6. The highest BCUT2D eigenvalue weighted by molar-refractivity contribution is 8.00. The lowest BCUT2D eigenvalue weighted by Crippen LogP contribution is -2.35. The number of aliphatic hydroxyl groups excluding tert-OH is 1. The fraction of sp³-hybridized carbons (Fsp3) is 0.270. The van der Waals surface area contributed by atoms with Crippen LogP contribution < -0.4 is 14.8 Å². The number of anilines is 2. The van der Waals surface area contributed by atoms with Gasteiger partial charge in [-0.05, 0) is 92.6 Å². The van der Waals surface area contributed by atoms with Crippen LogP contribution in [0.15, 0.2) is 95.3 Å². The van der Waals surface area contributed by atoms with Gasteiger partial charge >= 0.3 is 0 Å². The van der Waals surface area contributed by atoms with E-state index in [1.807, 2.05) is 91.2 Å². The molecule has 1 aliphatic heterocycles. The highest BCUT2D eigenvalue weighted by atomic mass is 32.2. The topological polar surface area (TPSA) is 104 Å². The number of thioether (sulfide) groups is 1. The van der Waals surface area contributed by atoms with Crippen molar-refractivity contribution >= 4 is 34.7 Å². The summed E-state index contributed by atoms with van der Waals surface area (Å²) in [7, 11) is 0. The molecule has 2 N–H and O–H groups in total. The Labute approximate surface area is 284 Å². The van der Waals surface area contributed by atoms with Crippen molar-refractivity contribution in [2.75, 3.05) is 44.4 Å². The highest BCUT2D eigenvalue weighted by Gasteiger charge is 2.22. The first-order chi connectivity index (χ1) is 23.1. The number of aliphatic hydroxyl groups is 1. The molecule has 0 aliphatic carbocycles. The number of para-hydroxylation sites is 1. The summed E-state index contributed by atoms with van der Waals surface area (Å²) >= 11 is 3.11. The van der Waals surface area contributed by atoms with E-state index in [0.29, 0.717) is 36.4 Å². The van der Waals surface area contributed by atoms with Crippen molar-refractivity contribution in [1.29, 1.82) is 5.26 Å². The summed E-state index contributed by atoms with van der Waals surface area (Å²) in [6, 6.07) is 29.6. The first-order valence-electron chi connectivity index (χ1n) is 15.7. The minimum atomic E-state index is 0.298. The molecular weight excluding hydrogens is 627 g/mol. The van der Waals surface area contributed by atoms with Gasteiger partial charge in [-0.2, -0.15) is 5.26 Å². The van der Waals surface area contributed by atoms with E-state index in [9.17, 15) is 10.4 Å². The second-order valence-electron chi connectivity index (χ2n) is 11.3. The van der Waals surface area contributed by atoms with E-state index in [1.54, 1.807) is 29.3 Å². The zero-order valence-corrected chi connectivity index (χ0v) is 27.9. The Bertz CT molecular complexity index is 1820. The van der Waals surface area contributed by atoms with Gasteiger partial charge in [0.2, 0.25) is 5.95 Å². The Balaban J connectivity index is 1.17. The van der Waals surface area contributed by atoms with E-state index in [0.717, 1.165) is 82.0 Å². The Morgan fingerprint density at radius 1 is 1.00 bits per heavy atom. The number of piperidine rings is 1. The molecule has 1 aliphatic rings. The maximum absolute atomic E-state index is 10.2. The van der Waals surface area contributed by atoms with Gasteiger partial charge in [-0.25, -0.2) is 9.97 Å². The van der Waals surface area contributed by atoms with Crippen LogP contribution in [0.3, 0.4) is 0 Å². The standard InChI is InChI=1S/C37H37N5O3S2/c1-46-36-32(24-38)34(27-8-5-13-31(22-27)45-29-10-3-2-4-11-29)35(47-36)33-14-17-39-37(41-33)40-28-9-6-12-30(23-28)44-21-7-18-42-19-15-26(25-43)16-20-42/h2-6,8-14,17,22-23,26,43H,7,15-16,18-21,25H2,1H3,(H,39,40,41). The second-order valence-corrected chi connectivity index (χ2v) is 13.4. The SMILES string of the molecule is CSc1sc(-c2ccnc(Nc3cccc(OCCCN4CCC(CO)CC4)c3)n2)c(-c2cccc(Oc3ccccc3)c2)c1C#N. The molecule has 5 aromatic rings. The number of rotatable bonds is 13. The summed E-state index contributed by atoms with van der Waals surface area (Å²) in [5.74, 6) is 3.13. The van der Waals surface area contributed by atoms with Gasteiger partial charge in [0.25, 0.3) is 0 Å². The molecule has 1 saturated heterocycles. The molecule has 6 rings (SSSR count). The van der Waals surface area contributed by atoms with Gasteiger partial charge < -0.3 is 24.8 Å². The summed E-state index contributed by atoms with van der Waals surface area (Å²) in [6.45, 7) is 4.02. The molecule has 0 spiro atoms. The lowest BCUT2D eigenvalue weighted by atomic mass is 9.98. The van der Waals surface area contributed by atoms with Crippen LogP contribution in [0.4, 0.5) is 11.6 Å². The third-order valence-electron chi connectivity index (χ3n) is 8.11. The van der Waals surface area contributed by atoms with Gasteiger partial charge in [0.15, 0.2) is 0 Å². The number of aromatic nitrogens is 2. The van der Waals surface area contributed by atoms with E-state index < -0.39 is 0 Å². The van der Waals surface area contributed by atoms with Gasteiger partial charge in [-0.3, -0.25) is 0 Å². The van der Waals surface area contributed by atoms with Crippen LogP contribution in [0.5, 0.6) is 17.2 Å². The average molecular weight is 664 g/mol. The summed E-state index contributed by atoms with van der Waals surface area (Å²) in [4.78, 5) is 12.7. The second kappa shape index (κ2) is 15.9. The molecule has 1 fully saturated rings. The lowest BCUT2D eigenvalue weighted by molar-refractivity contribution is 0.126. The third kappa shape index (κ3) is 8.31. The molecule has 10 heteroatoms. The number of hydrogen-bond donors (Lipinski definition) is 2. The Morgan fingerprint density at radius 3 is 2.57 bits per heavy atom. The molecule has 3 aromatic carbocycles. The number of benzene rings is 3. The van der Waals surface area contributed by atoms with Crippen LogP contribution >= 0.6 is 23.1 Å².